The van der Waals surface area contributed by atoms with E-state index in [0.717, 1.165) is 31.4 Å². The third kappa shape index (κ3) is 5.81. The lowest BCUT2D eigenvalue weighted by molar-refractivity contribution is 0.0954. The molecule has 0 aliphatic heterocycles. The highest BCUT2D eigenvalue weighted by Gasteiger charge is 2.28. The molecular formula is C19H29Cl2N5O3. The largest absolute Gasteiger partial charge is 0.352 e. The lowest BCUT2D eigenvalue weighted by atomic mass is 10.1. The van der Waals surface area contributed by atoms with Crippen LogP contribution in [0.5, 0.6) is 0 Å². The third-order valence-corrected chi connectivity index (χ3v) is 4.67. The van der Waals surface area contributed by atoms with Gasteiger partial charge in [-0.3, -0.25) is 19.1 Å². The van der Waals surface area contributed by atoms with Crippen LogP contribution in [-0.4, -0.2) is 33.5 Å². The van der Waals surface area contributed by atoms with E-state index in [1.807, 2.05) is 13.8 Å². The summed E-state index contributed by atoms with van der Waals surface area (Å²) >= 11 is 0. The second-order valence-corrected chi connectivity index (χ2v) is 7.58. The Kier molecular flexibility index (Phi) is 9.32. The van der Waals surface area contributed by atoms with E-state index in [1.54, 1.807) is 6.07 Å². The van der Waals surface area contributed by atoms with Gasteiger partial charge in [-0.15, -0.1) is 24.8 Å². The molecule has 1 aliphatic rings. The van der Waals surface area contributed by atoms with Crippen molar-refractivity contribution in [3.05, 3.63) is 38.2 Å². The van der Waals surface area contributed by atoms with E-state index < -0.39 is 11.2 Å². The standard InChI is InChI=1S/C19H27N5O3.2ClH/c1-11(2)10-24-16-15(18(26)23-19(24)27)13(9-14(22-16)12-5-6-12)17(25)21-8-4-3-7-20;;/h9,11-12H,3-8,10,20H2,1-2H3,(H,21,25)(H,23,26,27);2*1H. The Morgan fingerprint density at radius 3 is 2.59 bits per heavy atom. The number of rotatable bonds is 8. The van der Waals surface area contributed by atoms with E-state index >= 15 is 0 Å². The van der Waals surface area contributed by atoms with E-state index in [0.29, 0.717) is 31.2 Å². The minimum Gasteiger partial charge on any atom is -0.352 e. The molecule has 162 valence electrons. The molecule has 0 radical (unpaired) electrons. The second kappa shape index (κ2) is 10.8. The number of carbonyl (C=O) groups is 1. The van der Waals surface area contributed by atoms with Crippen LogP contribution < -0.4 is 22.3 Å². The van der Waals surface area contributed by atoms with Gasteiger partial charge in [0, 0.05) is 24.7 Å². The number of nitrogens with one attached hydrogen (secondary N) is 2. The maximum Gasteiger partial charge on any atom is 0.330 e. The van der Waals surface area contributed by atoms with Gasteiger partial charge in [-0.05, 0) is 44.2 Å². The highest BCUT2D eigenvalue weighted by molar-refractivity contribution is 6.05. The number of halogens is 2. The molecule has 0 atom stereocenters. The molecule has 1 fully saturated rings. The quantitative estimate of drug-likeness (QED) is 0.535. The Labute approximate surface area is 181 Å². The van der Waals surface area contributed by atoms with Crippen molar-refractivity contribution in [2.75, 3.05) is 13.1 Å². The first-order valence-corrected chi connectivity index (χ1v) is 9.58. The van der Waals surface area contributed by atoms with Gasteiger partial charge < -0.3 is 11.1 Å². The molecule has 0 bridgehead atoms. The molecule has 0 aromatic carbocycles. The van der Waals surface area contributed by atoms with Crippen LogP contribution >= 0.6 is 24.8 Å². The van der Waals surface area contributed by atoms with Crippen LogP contribution in [0.2, 0.25) is 0 Å². The van der Waals surface area contributed by atoms with Crippen LogP contribution in [0.15, 0.2) is 15.7 Å². The van der Waals surface area contributed by atoms with Gasteiger partial charge in [0.15, 0.2) is 5.65 Å². The fourth-order valence-electron chi connectivity index (χ4n) is 3.16. The molecule has 1 aliphatic carbocycles. The maximum absolute atomic E-state index is 12.8. The van der Waals surface area contributed by atoms with Crippen LogP contribution in [0.25, 0.3) is 11.0 Å². The monoisotopic (exact) mass is 445 g/mol. The van der Waals surface area contributed by atoms with E-state index in [4.69, 9.17) is 5.73 Å². The van der Waals surface area contributed by atoms with E-state index in [2.05, 4.69) is 15.3 Å². The Balaban J connectivity index is 0.00000210. The van der Waals surface area contributed by atoms with Crippen molar-refractivity contribution in [1.29, 1.82) is 0 Å². The fraction of sp³-hybridized carbons (Fsp3) is 0.579. The van der Waals surface area contributed by atoms with Crippen LogP contribution in [0.4, 0.5) is 0 Å². The number of nitrogens with two attached hydrogens (primary N) is 1. The average molecular weight is 446 g/mol. The minimum atomic E-state index is -0.572. The molecule has 10 heteroatoms. The second-order valence-electron chi connectivity index (χ2n) is 7.58. The molecule has 2 aromatic rings. The number of pyridine rings is 1. The first kappa shape index (κ1) is 25.1. The van der Waals surface area contributed by atoms with Crippen molar-refractivity contribution < 1.29 is 4.79 Å². The Hall–Kier alpha value is -1.90. The van der Waals surface area contributed by atoms with Gasteiger partial charge in [-0.2, -0.15) is 0 Å². The van der Waals surface area contributed by atoms with Crippen molar-refractivity contribution in [2.24, 2.45) is 11.7 Å². The van der Waals surface area contributed by atoms with E-state index in [-0.39, 0.29) is 47.6 Å². The molecule has 0 spiro atoms. The van der Waals surface area contributed by atoms with Crippen LogP contribution in [0.3, 0.4) is 0 Å². The summed E-state index contributed by atoms with van der Waals surface area (Å²) in [5.74, 6) is 0.165. The Morgan fingerprint density at radius 1 is 1.31 bits per heavy atom. The summed E-state index contributed by atoms with van der Waals surface area (Å²) in [7, 11) is 0. The summed E-state index contributed by atoms with van der Waals surface area (Å²) in [5, 5.41) is 3.03. The molecule has 29 heavy (non-hydrogen) atoms. The smallest absolute Gasteiger partial charge is 0.330 e. The van der Waals surface area contributed by atoms with Crippen molar-refractivity contribution in [2.45, 2.75) is 52.0 Å². The van der Waals surface area contributed by atoms with Gasteiger partial charge in [-0.25, -0.2) is 9.78 Å². The molecule has 2 aromatic heterocycles. The normalized spacial score (nSPS) is 13.1. The highest BCUT2D eigenvalue weighted by Crippen LogP contribution is 2.39. The van der Waals surface area contributed by atoms with Crippen LogP contribution in [0, 0.1) is 5.92 Å². The molecule has 8 nitrogen and oxygen atoms in total. The Morgan fingerprint density at radius 2 is 2.00 bits per heavy atom. The summed E-state index contributed by atoms with van der Waals surface area (Å²) in [6.07, 6.45) is 3.61. The van der Waals surface area contributed by atoms with Crippen LogP contribution in [0.1, 0.15) is 61.5 Å². The number of H-pyrrole nitrogens is 1. The van der Waals surface area contributed by atoms with E-state index in [9.17, 15) is 14.4 Å². The number of aromatic amines is 1. The molecule has 0 unspecified atom stereocenters. The first-order valence-electron chi connectivity index (χ1n) is 9.58. The van der Waals surface area contributed by atoms with Gasteiger partial charge >= 0.3 is 5.69 Å². The SMILES string of the molecule is CC(C)Cn1c(=O)[nH]c(=O)c2c(C(=O)NCCCCN)cc(C3CC3)nc21.Cl.Cl. The van der Waals surface area contributed by atoms with E-state index in [1.165, 1.54) is 4.57 Å². The zero-order valence-corrected chi connectivity index (χ0v) is 18.3. The topological polar surface area (TPSA) is 123 Å². The zero-order chi connectivity index (χ0) is 19.6. The van der Waals surface area contributed by atoms with Gasteiger partial charge in [0.1, 0.15) is 0 Å². The molecule has 4 N–H and O–H groups in total. The van der Waals surface area contributed by atoms with Gasteiger partial charge in [0.05, 0.1) is 10.9 Å². The number of hydrogen-bond donors (Lipinski definition) is 3. The maximum atomic E-state index is 12.8. The van der Waals surface area contributed by atoms with Gasteiger partial charge in [0.2, 0.25) is 0 Å². The molecule has 3 rings (SSSR count). The number of amides is 1. The number of aromatic nitrogens is 3. The van der Waals surface area contributed by atoms with Crippen molar-refractivity contribution in [3.63, 3.8) is 0 Å². The zero-order valence-electron chi connectivity index (χ0n) is 16.7. The number of carbonyl (C=O) groups excluding carboxylic acids is 1. The predicted octanol–water partition coefficient (Wildman–Crippen LogP) is 1.93. The number of nitrogens with zero attached hydrogens (tertiary/aromatic N) is 2. The number of unbranched alkanes of at least 4 members (excludes halogenated alkanes) is 1. The summed E-state index contributed by atoms with van der Waals surface area (Å²) in [6.45, 7) is 5.45. The van der Waals surface area contributed by atoms with Crippen molar-refractivity contribution >= 4 is 41.8 Å². The average Bonchev–Trinajstić information content (AvgIpc) is 3.46. The molecule has 1 amide bonds. The third-order valence-electron chi connectivity index (χ3n) is 4.67. The van der Waals surface area contributed by atoms with Crippen LogP contribution in [-0.2, 0) is 6.54 Å². The lowest BCUT2D eigenvalue weighted by Gasteiger charge is -2.14. The minimum absolute atomic E-state index is 0. The van der Waals surface area contributed by atoms with Gasteiger partial charge in [-0.1, -0.05) is 13.8 Å². The molecule has 0 saturated heterocycles. The summed E-state index contributed by atoms with van der Waals surface area (Å²) in [4.78, 5) is 44.6. The highest BCUT2D eigenvalue weighted by atomic mass is 35.5. The summed E-state index contributed by atoms with van der Waals surface area (Å²) in [6, 6.07) is 1.71. The molecular weight excluding hydrogens is 417 g/mol. The summed E-state index contributed by atoms with van der Waals surface area (Å²) in [5.41, 5.74) is 5.78. The fourth-order valence-corrected chi connectivity index (χ4v) is 3.16. The number of fused-ring (bicyclic) bond motifs is 1. The Bertz CT molecular complexity index is 967. The lowest BCUT2D eigenvalue weighted by Crippen LogP contribution is -2.34. The van der Waals surface area contributed by atoms with Gasteiger partial charge in [0.25, 0.3) is 11.5 Å². The first-order chi connectivity index (χ1) is 12.9. The number of hydrogen-bond acceptors (Lipinski definition) is 5. The summed E-state index contributed by atoms with van der Waals surface area (Å²) < 4.78 is 1.47. The molecule has 2 heterocycles. The van der Waals surface area contributed by atoms with Crippen molar-refractivity contribution in [3.8, 4) is 0 Å². The molecule has 1 saturated carbocycles. The predicted molar refractivity (Wildman–Crippen MR) is 119 cm³/mol. The van der Waals surface area contributed by atoms with Crippen molar-refractivity contribution in [1.82, 2.24) is 19.9 Å².